The molecule has 0 saturated carbocycles. The van der Waals surface area contributed by atoms with Crippen molar-refractivity contribution in [3.63, 3.8) is 0 Å². The first-order chi connectivity index (χ1) is 8.06. The van der Waals surface area contributed by atoms with Crippen molar-refractivity contribution in [2.45, 2.75) is 55.8 Å². The fourth-order valence-corrected chi connectivity index (χ4v) is 3.18. The van der Waals surface area contributed by atoms with Gasteiger partial charge in [-0.25, -0.2) is 4.98 Å². The highest BCUT2D eigenvalue weighted by atomic mass is 32.2. The van der Waals surface area contributed by atoms with Crippen LogP contribution in [0, 0.1) is 0 Å². The highest BCUT2D eigenvalue weighted by Crippen LogP contribution is 2.36. The average molecular weight is 250 g/mol. The Kier molecular flexibility index (Phi) is 4.10. The molecule has 1 aromatic rings. The van der Waals surface area contributed by atoms with Crippen LogP contribution >= 0.6 is 11.8 Å². The normalized spacial score (nSPS) is 21.5. The Hall–Kier alpha value is -0.540. The SMILES string of the molecule is CC(C)(C)Sc1ncccc1[C@H]1CCCCN1. The highest BCUT2D eigenvalue weighted by molar-refractivity contribution is 8.00. The number of pyridine rings is 1. The first-order valence-corrected chi connectivity index (χ1v) is 7.25. The molecule has 0 radical (unpaired) electrons. The molecule has 1 aliphatic rings. The van der Waals surface area contributed by atoms with Crippen LogP contribution in [-0.2, 0) is 0 Å². The van der Waals surface area contributed by atoms with Gasteiger partial charge in [-0.3, -0.25) is 0 Å². The second-order valence-corrected chi connectivity index (χ2v) is 7.43. The molecule has 0 spiro atoms. The van der Waals surface area contributed by atoms with Crippen LogP contribution < -0.4 is 5.32 Å². The maximum absolute atomic E-state index is 4.56. The van der Waals surface area contributed by atoms with Crippen molar-refractivity contribution >= 4 is 11.8 Å². The smallest absolute Gasteiger partial charge is 0.101 e. The van der Waals surface area contributed by atoms with Crippen LogP contribution in [-0.4, -0.2) is 16.3 Å². The van der Waals surface area contributed by atoms with Crippen molar-refractivity contribution in [1.29, 1.82) is 0 Å². The van der Waals surface area contributed by atoms with Gasteiger partial charge in [0.2, 0.25) is 0 Å². The summed E-state index contributed by atoms with van der Waals surface area (Å²) in [7, 11) is 0. The van der Waals surface area contributed by atoms with E-state index in [1.807, 2.05) is 18.0 Å². The lowest BCUT2D eigenvalue weighted by atomic mass is 9.99. The van der Waals surface area contributed by atoms with Crippen molar-refractivity contribution in [3.05, 3.63) is 23.9 Å². The Labute approximate surface area is 109 Å². The molecule has 1 aromatic heterocycles. The molecule has 17 heavy (non-hydrogen) atoms. The summed E-state index contributed by atoms with van der Waals surface area (Å²) in [5.41, 5.74) is 1.38. The van der Waals surface area contributed by atoms with Gasteiger partial charge >= 0.3 is 0 Å². The predicted octanol–water partition coefficient (Wildman–Crippen LogP) is 3.79. The summed E-state index contributed by atoms with van der Waals surface area (Å²) in [6, 6.07) is 4.78. The molecule has 0 bridgehead atoms. The molecular formula is C14H22N2S. The standard InChI is InChI=1S/C14H22N2S/c1-14(2,3)17-13-11(7-6-10-16-13)12-8-4-5-9-15-12/h6-7,10,12,15H,4-5,8-9H2,1-3H3/t12-/m1/s1. The van der Waals surface area contributed by atoms with Gasteiger partial charge in [-0.05, 0) is 25.5 Å². The maximum Gasteiger partial charge on any atom is 0.101 e. The first kappa shape index (κ1) is 12.9. The zero-order valence-electron chi connectivity index (χ0n) is 11.0. The molecule has 2 nitrogen and oxygen atoms in total. The number of aromatic nitrogens is 1. The van der Waals surface area contributed by atoms with Crippen LogP contribution in [0.2, 0.25) is 0 Å². The van der Waals surface area contributed by atoms with Crippen LogP contribution in [0.4, 0.5) is 0 Å². The summed E-state index contributed by atoms with van der Waals surface area (Å²) in [6.07, 6.45) is 5.77. The molecule has 1 saturated heterocycles. The van der Waals surface area contributed by atoms with Crippen molar-refractivity contribution < 1.29 is 0 Å². The van der Waals surface area contributed by atoms with Crippen LogP contribution in [0.5, 0.6) is 0 Å². The van der Waals surface area contributed by atoms with E-state index in [9.17, 15) is 0 Å². The van der Waals surface area contributed by atoms with E-state index in [0.717, 1.165) is 6.54 Å². The molecule has 0 aromatic carbocycles. The van der Waals surface area contributed by atoms with Gasteiger partial charge in [0.1, 0.15) is 5.03 Å². The monoisotopic (exact) mass is 250 g/mol. The van der Waals surface area contributed by atoms with E-state index in [1.54, 1.807) is 0 Å². The third-order valence-electron chi connectivity index (χ3n) is 2.89. The van der Waals surface area contributed by atoms with E-state index in [1.165, 1.54) is 29.9 Å². The van der Waals surface area contributed by atoms with Crippen LogP contribution in [0.1, 0.15) is 51.6 Å². The van der Waals surface area contributed by atoms with Gasteiger partial charge in [-0.1, -0.05) is 33.3 Å². The number of thioether (sulfide) groups is 1. The van der Waals surface area contributed by atoms with Gasteiger partial charge in [0, 0.05) is 22.5 Å². The molecule has 94 valence electrons. The number of nitrogens with one attached hydrogen (secondary N) is 1. The number of hydrogen-bond acceptors (Lipinski definition) is 3. The van der Waals surface area contributed by atoms with E-state index in [4.69, 9.17) is 0 Å². The van der Waals surface area contributed by atoms with E-state index >= 15 is 0 Å². The Bertz CT molecular complexity index is 365. The Morgan fingerprint density at radius 2 is 2.18 bits per heavy atom. The van der Waals surface area contributed by atoms with Crippen LogP contribution in [0.25, 0.3) is 0 Å². The quantitative estimate of drug-likeness (QED) is 0.808. The van der Waals surface area contributed by atoms with E-state index in [2.05, 4.69) is 43.2 Å². The summed E-state index contributed by atoms with van der Waals surface area (Å²) in [6.45, 7) is 7.86. The lowest BCUT2D eigenvalue weighted by Crippen LogP contribution is -2.27. The zero-order chi connectivity index (χ0) is 12.3. The molecule has 0 aliphatic carbocycles. The molecule has 0 unspecified atom stereocenters. The molecule has 2 rings (SSSR count). The van der Waals surface area contributed by atoms with Crippen molar-refractivity contribution in [2.75, 3.05) is 6.54 Å². The summed E-state index contributed by atoms with van der Waals surface area (Å²) in [5.74, 6) is 0. The van der Waals surface area contributed by atoms with Crippen LogP contribution in [0.15, 0.2) is 23.4 Å². The van der Waals surface area contributed by atoms with Crippen LogP contribution in [0.3, 0.4) is 0 Å². The second-order valence-electron chi connectivity index (χ2n) is 5.61. The molecule has 2 heterocycles. The number of rotatable bonds is 2. The summed E-state index contributed by atoms with van der Waals surface area (Å²) >= 11 is 1.87. The fourth-order valence-electron chi connectivity index (χ4n) is 2.16. The van der Waals surface area contributed by atoms with E-state index in [0.29, 0.717) is 6.04 Å². The predicted molar refractivity (Wildman–Crippen MR) is 74.4 cm³/mol. The minimum absolute atomic E-state index is 0.220. The number of hydrogen-bond donors (Lipinski definition) is 1. The van der Waals surface area contributed by atoms with Gasteiger partial charge < -0.3 is 5.32 Å². The van der Waals surface area contributed by atoms with Crippen molar-refractivity contribution in [1.82, 2.24) is 10.3 Å². The van der Waals surface area contributed by atoms with E-state index in [-0.39, 0.29) is 4.75 Å². The van der Waals surface area contributed by atoms with Crippen molar-refractivity contribution in [2.24, 2.45) is 0 Å². The van der Waals surface area contributed by atoms with Gasteiger partial charge in [0.25, 0.3) is 0 Å². The molecular weight excluding hydrogens is 228 g/mol. The minimum Gasteiger partial charge on any atom is -0.310 e. The van der Waals surface area contributed by atoms with Gasteiger partial charge in [0.15, 0.2) is 0 Å². The minimum atomic E-state index is 0.220. The largest absolute Gasteiger partial charge is 0.310 e. The van der Waals surface area contributed by atoms with Gasteiger partial charge in [0.05, 0.1) is 0 Å². The number of piperidine rings is 1. The Balaban J connectivity index is 2.20. The maximum atomic E-state index is 4.56. The molecule has 0 amide bonds. The highest BCUT2D eigenvalue weighted by Gasteiger charge is 2.21. The average Bonchev–Trinajstić information content (AvgIpc) is 2.29. The topological polar surface area (TPSA) is 24.9 Å². The summed E-state index contributed by atoms with van der Waals surface area (Å²) in [4.78, 5) is 4.56. The van der Waals surface area contributed by atoms with E-state index < -0.39 is 0 Å². The molecule has 3 heteroatoms. The second kappa shape index (κ2) is 5.40. The van der Waals surface area contributed by atoms with Gasteiger partial charge in [-0.2, -0.15) is 0 Å². The zero-order valence-corrected chi connectivity index (χ0v) is 11.8. The Morgan fingerprint density at radius 1 is 1.35 bits per heavy atom. The third kappa shape index (κ3) is 3.71. The van der Waals surface area contributed by atoms with Crippen molar-refractivity contribution in [3.8, 4) is 0 Å². The molecule has 1 aliphatic heterocycles. The van der Waals surface area contributed by atoms with Gasteiger partial charge in [-0.15, -0.1) is 11.8 Å². The fraction of sp³-hybridized carbons (Fsp3) is 0.643. The molecule has 1 atom stereocenters. The molecule has 1 fully saturated rings. The first-order valence-electron chi connectivity index (χ1n) is 6.43. The number of nitrogens with zero attached hydrogens (tertiary/aromatic N) is 1. The third-order valence-corrected chi connectivity index (χ3v) is 4.04. The summed E-state index contributed by atoms with van der Waals surface area (Å²) in [5, 5.41) is 4.80. The molecule has 1 N–H and O–H groups in total. The Morgan fingerprint density at radius 3 is 2.82 bits per heavy atom. The lowest BCUT2D eigenvalue weighted by molar-refractivity contribution is 0.406. The summed E-state index contributed by atoms with van der Waals surface area (Å²) < 4.78 is 0.220. The lowest BCUT2D eigenvalue weighted by Gasteiger charge is -2.27.